The zero-order valence-electron chi connectivity index (χ0n) is 9.98. The smallest absolute Gasteiger partial charge is 0.324 e. The topological polar surface area (TPSA) is 92.4 Å². The van der Waals surface area contributed by atoms with Crippen LogP contribution >= 0.6 is 0 Å². The SMILES string of the molecule is NC(=O)CCNC1(C(=O)O)Cc2ccccc2C1. The van der Waals surface area contributed by atoms with Crippen LogP contribution in [0.5, 0.6) is 0 Å². The van der Waals surface area contributed by atoms with E-state index in [1.165, 1.54) is 0 Å². The largest absolute Gasteiger partial charge is 0.480 e. The molecule has 0 unspecified atom stereocenters. The number of carbonyl (C=O) groups excluding carboxylic acids is 1. The monoisotopic (exact) mass is 248 g/mol. The van der Waals surface area contributed by atoms with Crippen LogP contribution in [0.1, 0.15) is 17.5 Å². The third-order valence-corrected chi connectivity index (χ3v) is 3.35. The number of nitrogens with two attached hydrogens (primary N) is 1. The highest BCUT2D eigenvalue weighted by Gasteiger charge is 2.43. The van der Waals surface area contributed by atoms with Gasteiger partial charge in [0.15, 0.2) is 0 Å². The van der Waals surface area contributed by atoms with Crippen LogP contribution in [0.25, 0.3) is 0 Å². The van der Waals surface area contributed by atoms with E-state index in [4.69, 9.17) is 5.73 Å². The molecule has 0 radical (unpaired) electrons. The van der Waals surface area contributed by atoms with Gasteiger partial charge in [-0.15, -0.1) is 0 Å². The number of fused-ring (bicyclic) bond motifs is 1. The number of hydrogen-bond acceptors (Lipinski definition) is 3. The molecule has 0 saturated carbocycles. The van der Waals surface area contributed by atoms with Crippen LogP contribution in [0.4, 0.5) is 0 Å². The highest BCUT2D eigenvalue weighted by molar-refractivity contribution is 5.81. The fourth-order valence-corrected chi connectivity index (χ4v) is 2.39. The molecule has 0 atom stereocenters. The minimum atomic E-state index is -1.00. The Bertz CT molecular complexity index is 460. The molecule has 5 nitrogen and oxygen atoms in total. The van der Waals surface area contributed by atoms with Crippen molar-refractivity contribution in [2.75, 3.05) is 6.54 Å². The van der Waals surface area contributed by atoms with Gasteiger partial charge >= 0.3 is 5.97 Å². The normalized spacial score (nSPS) is 16.2. The van der Waals surface area contributed by atoms with E-state index in [2.05, 4.69) is 5.32 Å². The summed E-state index contributed by atoms with van der Waals surface area (Å²) in [5.74, 6) is -1.32. The number of nitrogens with one attached hydrogen (secondary N) is 1. The Balaban J connectivity index is 2.12. The van der Waals surface area contributed by atoms with Crippen molar-refractivity contribution >= 4 is 11.9 Å². The maximum Gasteiger partial charge on any atom is 0.324 e. The molecule has 1 aromatic carbocycles. The second kappa shape index (κ2) is 4.78. The van der Waals surface area contributed by atoms with Gasteiger partial charge in [-0.1, -0.05) is 24.3 Å². The zero-order chi connectivity index (χ0) is 13.2. The minimum Gasteiger partial charge on any atom is -0.480 e. The van der Waals surface area contributed by atoms with Gasteiger partial charge in [-0.05, 0) is 11.1 Å². The second-order valence-electron chi connectivity index (χ2n) is 4.65. The lowest BCUT2D eigenvalue weighted by atomic mass is 9.95. The van der Waals surface area contributed by atoms with Crippen LogP contribution in [-0.4, -0.2) is 29.1 Å². The summed E-state index contributed by atoms with van der Waals surface area (Å²) in [5.41, 5.74) is 6.15. The van der Waals surface area contributed by atoms with Gasteiger partial charge in [0.2, 0.25) is 5.91 Å². The Morgan fingerprint density at radius 3 is 2.28 bits per heavy atom. The lowest BCUT2D eigenvalue weighted by Gasteiger charge is -2.25. The van der Waals surface area contributed by atoms with Gasteiger partial charge in [-0.2, -0.15) is 0 Å². The molecule has 5 heteroatoms. The number of primary amides is 1. The molecule has 18 heavy (non-hydrogen) atoms. The highest BCUT2D eigenvalue weighted by Crippen LogP contribution is 2.30. The third-order valence-electron chi connectivity index (χ3n) is 3.35. The standard InChI is InChI=1S/C13H16N2O3/c14-11(16)5-6-15-13(12(17)18)7-9-3-1-2-4-10(9)8-13/h1-4,15H,5-8H2,(H2,14,16)(H,17,18). The Morgan fingerprint density at radius 1 is 1.28 bits per heavy atom. The van der Waals surface area contributed by atoms with Crippen molar-refractivity contribution in [1.82, 2.24) is 5.32 Å². The molecule has 1 aliphatic rings. The number of amides is 1. The van der Waals surface area contributed by atoms with Gasteiger partial charge in [0, 0.05) is 25.8 Å². The predicted molar refractivity (Wildman–Crippen MR) is 66.0 cm³/mol. The summed E-state index contributed by atoms with van der Waals surface area (Å²) in [7, 11) is 0. The molecule has 0 spiro atoms. The van der Waals surface area contributed by atoms with Crippen molar-refractivity contribution < 1.29 is 14.7 Å². The molecule has 0 aliphatic heterocycles. The number of carbonyl (C=O) groups is 2. The molecular weight excluding hydrogens is 232 g/mol. The van der Waals surface area contributed by atoms with E-state index in [-0.39, 0.29) is 13.0 Å². The summed E-state index contributed by atoms with van der Waals surface area (Å²) in [6.45, 7) is 0.287. The first-order valence-corrected chi connectivity index (χ1v) is 5.87. The van der Waals surface area contributed by atoms with Crippen molar-refractivity contribution in [3.05, 3.63) is 35.4 Å². The Labute approximate surface area is 105 Å². The van der Waals surface area contributed by atoms with E-state index < -0.39 is 17.4 Å². The first-order chi connectivity index (χ1) is 8.53. The van der Waals surface area contributed by atoms with Gasteiger partial charge in [0.1, 0.15) is 5.54 Å². The van der Waals surface area contributed by atoms with Gasteiger partial charge in [0.25, 0.3) is 0 Å². The molecule has 0 saturated heterocycles. The predicted octanol–water partition coefficient (Wildman–Crippen LogP) is 0.0736. The Hall–Kier alpha value is -1.88. The molecule has 0 heterocycles. The summed E-state index contributed by atoms with van der Waals surface area (Å²) in [5, 5.41) is 12.4. The number of carboxylic acid groups (broad SMARTS) is 1. The van der Waals surface area contributed by atoms with Gasteiger partial charge in [0.05, 0.1) is 0 Å². The number of hydrogen-bond donors (Lipinski definition) is 3. The van der Waals surface area contributed by atoms with Crippen molar-refractivity contribution in [2.45, 2.75) is 24.8 Å². The Morgan fingerprint density at radius 2 is 1.83 bits per heavy atom. The average Bonchev–Trinajstić information content (AvgIpc) is 2.68. The summed E-state index contributed by atoms with van der Waals surface area (Å²) in [6.07, 6.45) is 1.03. The minimum absolute atomic E-state index is 0.144. The molecule has 0 aromatic heterocycles. The molecule has 96 valence electrons. The number of rotatable bonds is 5. The quantitative estimate of drug-likeness (QED) is 0.687. The first kappa shape index (κ1) is 12.6. The van der Waals surface area contributed by atoms with Crippen molar-refractivity contribution in [3.8, 4) is 0 Å². The number of benzene rings is 1. The molecule has 1 aliphatic carbocycles. The van der Waals surface area contributed by atoms with E-state index in [1.54, 1.807) is 0 Å². The summed E-state index contributed by atoms with van der Waals surface area (Å²) >= 11 is 0. The van der Waals surface area contributed by atoms with Crippen LogP contribution in [0.15, 0.2) is 24.3 Å². The van der Waals surface area contributed by atoms with E-state index in [0.717, 1.165) is 11.1 Å². The highest BCUT2D eigenvalue weighted by atomic mass is 16.4. The van der Waals surface area contributed by atoms with Crippen molar-refractivity contribution in [2.24, 2.45) is 5.73 Å². The molecule has 2 rings (SSSR count). The summed E-state index contributed by atoms with van der Waals surface area (Å²) < 4.78 is 0. The second-order valence-corrected chi connectivity index (χ2v) is 4.65. The van der Waals surface area contributed by atoms with Crippen LogP contribution in [0.2, 0.25) is 0 Å². The van der Waals surface area contributed by atoms with E-state index >= 15 is 0 Å². The molecular formula is C13H16N2O3. The molecule has 1 amide bonds. The molecule has 4 N–H and O–H groups in total. The third kappa shape index (κ3) is 2.36. The first-order valence-electron chi connectivity index (χ1n) is 5.87. The van der Waals surface area contributed by atoms with Crippen LogP contribution in [-0.2, 0) is 22.4 Å². The van der Waals surface area contributed by atoms with Crippen LogP contribution in [0, 0.1) is 0 Å². The molecule has 0 bridgehead atoms. The molecule has 1 aromatic rings. The van der Waals surface area contributed by atoms with Gasteiger partial charge in [-0.3, -0.25) is 9.59 Å². The number of aliphatic carboxylic acids is 1. The number of carboxylic acids is 1. The molecule has 0 fully saturated rings. The average molecular weight is 248 g/mol. The lowest BCUT2D eigenvalue weighted by molar-refractivity contribution is -0.144. The van der Waals surface area contributed by atoms with Crippen LogP contribution in [0.3, 0.4) is 0 Å². The fourth-order valence-electron chi connectivity index (χ4n) is 2.39. The maximum absolute atomic E-state index is 11.5. The van der Waals surface area contributed by atoms with E-state index in [1.807, 2.05) is 24.3 Å². The fraction of sp³-hybridized carbons (Fsp3) is 0.385. The van der Waals surface area contributed by atoms with E-state index in [9.17, 15) is 14.7 Å². The van der Waals surface area contributed by atoms with Crippen LogP contribution < -0.4 is 11.1 Å². The summed E-state index contributed by atoms with van der Waals surface area (Å²) in [4.78, 5) is 22.2. The zero-order valence-corrected chi connectivity index (χ0v) is 9.98. The van der Waals surface area contributed by atoms with Crippen molar-refractivity contribution in [1.29, 1.82) is 0 Å². The Kier molecular flexibility index (Phi) is 3.34. The maximum atomic E-state index is 11.5. The summed E-state index contributed by atoms with van der Waals surface area (Å²) in [6, 6.07) is 7.69. The van der Waals surface area contributed by atoms with Crippen molar-refractivity contribution in [3.63, 3.8) is 0 Å². The lowest BCUT2D eigenvalue weighted by Crippen LogP contribution is -2.53. The van der Waals surface area contributed by atoms with Gasteiger partial charge in [-0.25, -0.2) is 0 Å². The van der Waals surface area contributed by atoms with Gasteiger partial charge < -0.3 is 16.2 Å². The van der Waals surface area contributed by atoms with E-state index in [0.29, 0.717) is 12.8 Å².